The predicted molar refractivity (Wildman–Crippen MR) is 67.9 cm³/mol. The molecule has 0 unspecified atom stereocenters. The van der Waals surface area contributed by atoms with Gasteiger partial charge in [-0.1, -0.05) is 56.3 Å². The lowest BCUT2D eigenvalue weighted by molar-refractivity contribution is -0.125. The average molecular weight is 244 g/mol. The molecule has 4 nitrogen and oxygen atoms in total. The summed E-state index contributed by atoms with van der Waals surface area (Å²) < 4.78 is 5.10. The molecule has 94 valence electrons. The minimum atomic E-state index is -0.388. The topological polar surface area (TPSA) is 56.0 Å². The van der Waals surface area contributed by atoms with Gasteiger partial charge in [0.05, 0.1) is 6.42 Å². The van der Waals surface area contributed by atoms with E-state index in [1.807, 2.05) is 51.1 Å². The summed E-state index contributed by atoms with van der Waals surface area (Å²) in [5.74, 6) is 0.979. The number of nitrogens with zero attached hydrogens (tertiary/aromatic N) is 2. The maximum absolute atomic E-state index is 11.9. The van der Waals surface area contributed by atoms with Crippen molar-refractivity contribution in [2.45, 2.75) is 27.2 Å². The third-order valence-corrected chi connectivity index (χ3v) is 2.65. The smallest absolute Gasteiger partial charge is 0.234 e. The largest absolute Gasteiger partial charge is 0.339 e. The maximum atomic E-state index is 11.9. The fourth-order valence-electron chi connectivity index (χ4n) is 1.43. The molecular formula is C14H16N2O2. The molecule has 0 aliphatic carbocycles. The zero-order valence-electron chi connectivity index (χ0n) is 10.8. The Kier molecular flexibility index (Phi) is 3.28. The Balaban J connectivity index is 2.15. The van der Waals surface area contributed by atoms with Crippen molar-refractivity contribution >= 4 is 5.78 Å². The van der Waals surface area contributed by atoms with E-state index in [1.165, 1.54) is 0 Å². The number of benzene rings is 1. The Morgan fingerprint density at radius 2 is 1.89 bits per heavy atom. The third-order valence-electron chi connectivity index (χ3n) is 2.65. The highest BCUT2D eigenvalue weighted by Gasteiger charge is 2.23. The molecule has 18 heavy (non-hydrogen) atoms. The van der Waals surface area contributed by atoms with Crippen molar-refractivity contribution in [1.82, 2.24) is 10.1 Å². The first-order valence-corrected chi connectivity index (χ1v) is 5.88. The van der Waals surface area contributed by atoms with Crippen LogP contribution in [0.3, 0.4) is 0 Å². The SMILES string of the molecule is CC(C)(C)C(=O)Cc1nc(-c2ccccc2)no1. The number of Topliss-reactive ketones (excluding diaryl/α,β-unsaturated/α-hetero) is 1. The van der Waals surface area contributed by atoms with Gasteiger partial charge in [-0.05, 0) is 0 Å². The Labute approximate surface area is 106 Å². The highest BCUT2D eigenvalue weighted by Crippen LogP contribution is 2.19. The van der Waals surface area contributed by atoms with E-state index in [-0.39, 0.29) is 17.6 Å². The first-order chi connectivity index (χ1) is 8.47. The van der Waals surface area contributed by atoms with Crippen molar-refractivity contribution < 1.29 is 9.32 Å². The second-order valence-corrected chi connectivity index (χ2v) is 5.23. The van der Waals surface area contributed by atoms with Crippen LogP contribution in [-0.2, 0) is 11.2 Å². The molecule has 0 fully saturated rings. The number of rotatable bonds is 3. The van der Waals surface area contributed by atoms with Crippen LogP contribution in [0.15, 0.2) is 34.9 Å². The van der Waals surface area contributed by atoms with Crippen molar-refractivity contribution in [2.24, 2.45) is 5.41 Å². The standard InChI is InChI=1S/C14H16N2O2/c1-14(2,3)11(17)9-12-15-13(16-18-12)10-7-5-4-6-8-10/h4-8H,9H2,1-3H3. The van der Waals surface area contributed by atoms with E-state index < -0.39 is 0 Å². The van der Waals surface area contributed by atoms with E-state index >= 15 is 0 Å². The Hall–Kier alpha value is -1.97. The normalized spacial score (nSPS) is 11.5. The number of hydrogen-bond acceptors (Lipinski definition) is 4. The van der Waals surface area contributed by atoms with Gasteiger partial charge in [-0.15, -0.1) is 0 Å². The van der Waals surface area contributed by atoms with Crippen molar-refractivity contribution in [1.29, 1.82) is 0 Å². The number of carbonyl (C=O) groups is 1. The van der Waals surface area contributed by atoms with Crippen LogP contribution in [0.1, 0.15) is 26.7 Å². The maximum Gasteiger partial charge on any atom is 0.234 e. The first kappa shape index (κ1) is 12.5. The van der Waals surface area contributed by atoms with Crippen LogP contribution in [0, 0.1) is 5.41 Å². The van der Waals surface area contributed by atoms with Crippen LogP contribution in [0.2, 0.25) is 0 Å². The van der Waals surface area contributed by atoms with E-state index in [9.17, 15) is 4.79 Å². The van der Waals surface area contributed by atoms with Gasteiger partial charge in [0, 0.05) is 11.0 Å². The zero-order chi connectivity index (χ0) is 13.2. The van der Waals surface area contributed by atoms with E-state index in [4.69, 9.17) is 4.52 Å². The molecule has 2 rings (SSSR count). The number of aromatic nitrogens is 2. The van der Waals surface area contributed by atoms with Crippen LogP contribution in [0.4, 0.5) is 0 Å². The zero-order valence-corrected chi connectivity index (χ0v) is 10.8. The van der Waals surface area contributed by atoms with Crippen LogP contribution in [-0.4, -0.2) is 15.9 Å². The summed E-state index contributed by atoms with van der Waals surface area (Å²) in [5.41, 5.74) is 0.497. The molecular weight excluding hydrogens is 228 g/mol. The fourth-order valence-corrected chi connectivity index (χ4v) is 1.43. The van der Waals surface area contributed by atoms with Crippen molar-refractivity contribution in [3.63, 3.8) is 0 Å². The summed E-state index contributed by atoms with van der Waals surface area (Å²) in [6, 6.07) is 9.55. The van der Waals surface area contributed by atoms with Gasteiger partial charge in [0.15, 0.2) is 0 Å². The molecule has 0 atom stereocenters. The highest BCUT2D eigenvalue weighted by molar-refractivity contribution is 5.85. The first-order valence-electron chi connectivity index (χ1n) is 5.88. The lowest BCUT2D eigenvalue weighted by Gasteiger charge is -2.14. The summed E-state index contributed by atoms with van der Waals surface area (Å²) in [4.78, 5) is 16.1. The van der Waals surface area contributed by atoms with Gasteiger partial charge in [-0.25, -0.2) is 0 Å². The van der Waals surface area contributed by atoms with Crippen molar-refractivity contribution in [3.05, 3.63) is 36.2 Å². The lowest BCUT2D eigenvalue weighted by Crippen LogP contribution is -2.22. The molecule has 0 N–H and O–H groups in total. The molecule has 0 saturated carbocycles. The minimum Gasteiger partial charge on any atom is -0.339 e. The Morgan fingerprint density at radius 1 is 1.22 bits per heavy atom. The van der Waals surface area contributed by atoms with Crippen molar-refractivity contribution in [2.75, 3.05) is 0 Å². The van der Waals surface area contributed by atoms with Gasteiger partial charge < -0.3 is 4.52 Å². The summed E-state index contributed by atoms with van der Waals surface area (Å²) in [7, 11) is 0. The second kappa shape index (κ2) is 4.72. The van der Waals surface area contributed by atoms with Crippen molar-refractivity contribution in [3.8, 4) is 11.4 Å². The Morgan fingerprint density at radius 3 is 2.50 bits per heavy atom. The summed E-state index contributed by atoms with van der Waals surface area (Å²) >= 11 is 0. The van der Waals surface area contributed by atoms with Gasteiger partial charge >= 0.3 is 0 Å². The Bertz CT molecular complexity index is 538. The molecule has 1 heterocycles. The molecule has 0 amide bonds. The van der Waals surface area contributed by atoms with Gasteiger partial charge in [-0.3, -0.25) is 4.79 Å². The quantitative estimate of drug-likeness (QED) is 0.833. The van der Waals surface area contributed by atoms with Gasteiger partial charge in [0.25, 0.3) is 0 Å². The van der Waals surface area contributed by atoms with Crippen LogP contribution in [0.5, 0.6) is 0 Å². The molecule has 1 aromatic heterocycles. The van der Waals surface area contributed by atoms with E-state index in [2.05, 4.69) is 10.1 Å². The van der Waals surface area contributed by atoms with Gasteiger partial charge in [-0.2, -0.15) is 4.98 Å². The molecule has 0 aliphatic heterocycles. The summed E-state index contributed by atoms with van der Waals surface area (Å²) in [6.07, 6.45) is 0.184. The lowest BCUT2D eigenvalue weighted by atomic mass is 9.89. The van der Waals surface area contributed by atoms with Gasteiger partial charge in [0.2, 0.25) is 11.7 Å². The molecule has 4 heteroatoms. The van der Waals surface area contributed by atoms with E-state index in [1.54, 1.807) is 0 Å². The molecule has 0 radical (unpaired) electrons. The molecule has 0 saturated heterocycles. The molecule has 0 aliphatic rings. The molecule has 0 bridgehead atoms. The second-order valence-electron chi connectivity index (χ2n) is 5.23. The summed E-state index contributed by atoms with van der Waals surface area (Å²) in [6.45, 7) is 5.64. The molecule has 2 aromatic rings. The fraction of sp³-hybridized carbons (Fsp3) is 0.357. The third kappa shape index (κ3) is 2.83. The minimum absolute atomic E-state index is 0.0887. The van der Waals surface area contributed by atoms with Crippen LogP contribution in [0.25, 0.3) is 11.4 Å². The average Bonchev–Trinajstić information content (AvgIpc) is 2.77. The highest BCUT2D eigenvalue weighted by atomic mass is 16.5. The predicted octanol–water partition coefficient (Wildman–Crippen LogP) is 2.89. The molecule has 1 aromatic carbocycles. The van der Waals surface area contributed by atoms with E-state index in [0.717, 1.165) is 5.56 Å². The monoisotopic (exact) mass is 244 g/mol. The number of ketones is 1. The molecule has 0 spiro atoms. The van der Waals surface area contributed by atoms with Crippen LogP contribution < -0.4 is 0 Å². The number of hydrogen-bond donors (Lipinski definition) is 0. The summed E-state index contributed by atoms with van der Waals surface area (Å²) in [5, 5.41) is 3.88. The van der Waals surface area contributed by atoms with Gasteiger partial charge in [0.1, 0.15) is 5.78 Å². The number of carbonyl (C=O) groups excluding carboxylic acids is 1. The van der Waals surface area contributed by atoms with Crippen LogP contribution >= 0.6 is 0 Å². The van der Waals surface area contributed by atoms with E-state index in [0.29, 0.717) is 11.7 Å².